The fraction of sp³-hybridized carbons (Fsp3) is 0.462. The van der Waals surface area contributed by atoms with Crippen LogP contribution in [-0.4, -0.2) is 17.7 Å². The number of benzene rings is 1. The smallest absolute Gasteiger partial charge is 0.163 e. The number of ketones is 1. The maximum atomic E-state index is 13.0. The van der Waals surface area contributed by atoms with Gasteiger partial charge in [0.1, 0.15) is 11.6 Å². The number of hydrogen-bond donors (Lipinski definition) is 0. The summed E-state index contributed by atoms with van der Waals surface area (Å²) in [5, 5.41) is 0.988. The summed E-state index contributed by atoms with van der Waals surface area (Å²) in [5.74, 6) is -0.125. The molecule has 94 valence electrons. The van der Waals surface area contributed by atoms with E-state index in [-0.39, 0.29) is 5.78 Å². The van der Waals surface area contributed by atoms with Gasteiger partial charge in [-0.05, 0) is 44.4 Å². The van der Waals surface area contributed by atoms with E-state index in [1.165, 1.54) is 25.1 Å². The van der Waals surface area contributed by atoms with E-state index in [0.29, 0.717) is 17.9 Å². The molecular formula is C13H16BrFO2. The molecule has 4 heteroatoms. The number of Topliss-reactive ketones (excluding diaryl/α,β-unsaturated/α-hetero) is 1. The molecule has 2 nitrogen and oxygen atoms in total. The lowest BCUT2D eigenvalue weighted by molar-refractivity contribution is 0.101. The second-order valence-corrected chi connectivity index (χ2v) is 4.59. The predicted octanol–water partition coefficient (Wildman–Crippen LogP) is 3.97. The first-order valence-corrected chi connectivity index (χ1v) is 6.76. The van der Waals surface area contributed by atoms with E-state index in [9.17, 15) is 9.18 Å². The Morgan fingerprint density at radius 2 is 2.12 bits per heavy atom. The van der Waals surface area contributed by atoms with Crippen LogP contribution in [0.1, 0.15) is 36.5 Å². The van der Waals surface area contributed by atoms with Crippen LogP contribution in [0.2, 0.25) is 0 Å². The fourth-order valence-electron chi connectivity index (χ4n) is 1.46. The average molecular weight is 303 g/mol. The maximum Gasteiger partial charge on any atom is 0.163 e. The summed E-state index contributed by atoms with van der Waals surface area (Å²) in [7, 11) is 0. The Morgan fingerprint density at radius 1 is 1.35 bits per heavy atom. The normalized spacial score (nSPS) is 10.3. The van der Waals surface area contributed by atoms with Gasteiger partial charge in [-0.1, -0.05) is 15.9 Å². The second kappa shape index (κ2) is 7.43. The number of ether oxygens (including phenoxy) is 1. The molecule has 0 N–H and O–H groups in total. The molecule has 0 aromatic heterocycles. The van der Waals surface area contributed by atoms with Gasteiger partial charge in [0, 0.05) is 5.33 Å². The van der Waals surface area contributed by atoms with Crippen LogP contribution in [0, 0.1) is 5.82 Å². The Labute approximate surface area is 109 Å². The molecule has 1 aromatic carbocycles. The highest BCUT2D eigenvalue weighted by Gasteiger charge is 2.09. The molecular weight excluding hydrogens is 287 g/mol. The molecule has 0 aliphatic heterocycles. The van der Waals surface area contributed by atoms with Crippen LogP contribution in [0.4, 0.5) is 4.39 Å². The Bertz CT molecular complexity index is 380. The molecule has 0 radical (unpaired) electrons. The second-order valence-electron chi connectivity index (χ2n) is 3.79. The first-order valence-electron chi connectivity index (χ1n) is 5.64. The zero-order valence-corrected chi connectivity index (χ0v) is 11.4. The minimum Gasteiger partial charge on any atom is -0.493 e. The summed E-state index contributed by atoms with van der Waals surface area (Å²) in [6, 6.07) is 4.03. The molecule has 0 aliphatic rings. The number of halogens is 2. The molecule has 0 spiro atoms. The van der Waals surface area contributed by atoms with Crippen molar-refractivity contribution in [2.24, 2.45) is 0 Å². The molecule has 0 heterocycles. The zero-order chi connectivity index (χ0) is 12.7. The summed E-state index contributed by atoms with van der Waals surface area (Å²) >= 11 is 3.36. The Kier molecular flexibility index (Phi) is 6.19. The molecule has 0 saturated carbocycles. The van der Waals surface area contributed by atoms with Crippen molar-refractivity contribution in [3.05, 3.63) is 29.6 Å². The van der Waals surface area contributed by atoms with Crippen LogP contribution in [0.5, 0.6) is 5.75 Å². The van der Waals surface area contributed by atoms with Crippen LogP contribution >= 0.6 is 15.9 Å². The third-order valence-corrected chi connectivity index (χ3v) is 2.92. The fourth-order valence-corrected chi connectivity index (χ4v) is 1.86. The minimum absolute atomic E-state index is 0.181. The van der Waals surface area contributed by atoms with Gasteiger partial charge in [0.25, 0.3) is 0 Å². The molecule has 0 atom stereocenters. The monoisotopic (exact) mass is 302 g/mol. The molecule has 0 bridgehead atoms. The van der Waals surface area contributed by atoms with Crippen molar-refractivity contribution in [2.75, 3.05) is 11.9 Å². The number of unbranched alkanes of at least 4 members (excludes halogenated alkanes) is 2. The molecule has 17 heavy (non-hydrogen) atoms. The lowest BCUT2D eigenvalue weighted by Crippen LogP contribution is -2.03. The van der Waals surface area contributed by atoms with E-state index in [1.807, 2.05) is 0 Å². The SMILES string of the molecule is CC(=O)c1cc(F)ccc1OCCCCCBr. The van der Waals surface area contributed by atoms with Crippen LogP contribution in [-0.2, 0) is 0 Å². The topological polar surface area (TPSA) is 26.3 Å². The molecule has 0 aliphatic carbocycles. The third-order valence-electron chi connectivity index (χ3n) is 2.36. The van der Waals surface area contributed by atoms with E-state index in [1.54, 1.807) is 0 Å². The molecule has 1 rings (SSSR count). The zero-order valence-electron chi connectivity index (χ0n) is 9.84. The summed E-state index contributed by atoms with van der Waals surface area (Å²) < 4.78 is 18.5. The highest BCUT2D eigenvalue weighted by atomic mass is 79.9. The van der Waals surface area contributed by atoms with Crippen LogP contribution in [0.3, 0.4) is 0 Å². The summed E-state index contributed by atoms with van der Waals surface area (Å²) in [5.41, 5.74) is 0.311. The van der Waals surface area contributed by atoms with Crippen molar-refractivity contribution >= 4 is 21.7 Å². The highest BCUT2D eigenvalue weighted by molar-refractivity contribution is 9.09. The van der Waals surface area contributed by atoms with Gasteiger partial charge in [-0.2, -0.15) is 0 Å². The molecule has 0 unspecified atom stereocenters. The average Bonchev–Trinajstić information content (AvgIpc) is 2.30. The number of alkyl halides is 1. The number of hydrogen-bond acceptors (Lipinski definition) is 2. The van der Waals surface area contributed by atoms with Crippen LogP contribution < -0.4 is 4.74 Å². The van der Waals surface area contributed by atoms with E-state index in [2.05, 4.69) is 15.9 Å². The minimum atomic E-state index is -0.415. The van der Waals surface area contributed by atoms with Crippen molar-refractivity contribution < 1.29 is 13.9 Å². The lowest BCUT2D eigenvalue weighted by Gasteiger charge is -2.09. The summed E-state index contributed by atoms with van der Waals surface area (Å²) in [6.07, 6.45) is 3.11. The van der Waals surface area contributed by atoms with Gasteiger partial charge in [0.15, 0.2) is 5.78 Å². The molecule has 1 aromatic rings. The van der Waals surface area contributed by atoms with E-state index in [4.69, 9.17) is 4.74 Å². The van der Waals surface area contributed by atoms with Crippen molar-refractivity contribution in [3.63, 3.8) is 0 Å². The maximum absolute atomic E-state index is 13.0. The van der Waals surface area contributed by atoms with Gasteiger partial charge in [0.05, 0.1) is 12.2 Å². The van der Waals surface area contributed by atoms with Gasteiger partial charge in [-0.25, -0.2) is 4.39 Å². The van der Waals surface area contributed by atoms with Gasteiger partial charge in [0.2, 0.25) is 0 Å². The van der Waals surface area contributed by atoms with Gasteiger partial charge >= 0.3 is 0 Å². The van der Waals surface area contributed by atoms with Gasteiger partial charge < -0.3 is 4.74 Å². The number of rotatable bonds is 7. The Balaban J connectivity index is 2.55. The predicted molar refractivity (Wildman–Crippen MR) is 69.5 cm³/mol. The quantitative estimate of drug-likeness (QED) is 0.433. The summed E-state index contributed by atoms with van der Waals surface area (Å²) in [6.45, 7) is 1.96. The highest BCUT2D eigenvalue weighted by Crippen LogP contribution is 2.20. The molecule has 0 saturated heterocycles. The first kappa shape index (κ1) is 14.2. The third kappa shape index (κ3) is 4.86. The van der Waals surface area contributed by atoms with Crippen molar-refractivity contribution in [1.82, 2.24) is 0 Å². The van der Waals surface area contributed by atoms with Crippen LogP contribution in [0.25, 0.3) is 0 Å². The summed E-state index contributed by atoms with van der Waals surface area (Å²) in [4.78, 5) is 11.3. The lowest BCUT2D eigenvalue weighted by atomic mass is 10.1. The Morgan fingerprint density at radius 3 is 2.76 bits per heavy atom. The molecule has 0 fully saturated rings. The van der Waals surface area contributed by atoms with E-state index < -0.39 is 5.82 Å². The van der Waals surface area contributed by atoms with Crippen LogP contribution in [0.15, 0.2) is 18.2 Å². The molecule has 0 amide bonds. The first-order chi connectivity index (χ1) is 8.15. The van der Waals surface area contributed by atoms with Gasteiger partial charge in [-0.15, -0.1) is 0 Å². The van der Waals surface area contributed by atoms with E-state index >= 15 is 0 Å². The van der Waals surface area contributed by atoms with Crippen molar-refractivity contribution in [1.29, 1.82) is 0 Å². The van der Waals surface area contributed by atoms with Crippen molar-refractivity contribution in [3.8, 4) is 5.75 Å². The Hall–Kier alpha value is -0.900. The number of carbonyl (C=O) groups excluding carboxylic acids is 1. The van der Waals surface area contributed by atoms with E-state index in [0.717, 1.165) is 24.6 Å². The van der Waals surface area contributed by atoms with Gasteiger partial charge in [-0.3, -0.25) is 4.79 Å². The van der Waals surface area contributed by atoms with Crippen molar-refractivity contribution in [2.45, 2.75) is 26.2 Å². The number of carbonyl (C=O) groups is 1. The largest absolute Gasteiger partial charge is 0.493 e. The standard InChI is InChI=1S/C13H16BrFO2/c1-10(16)12-9-11(15)5-6-13(12)17-8-4-2-3-7-14/h5-6,9H,2-4,7-8H2,1H3.